The van der Waals surface area contributed by atoms with Crippen LogP contribution in [0, 0.1) is 5.92 Å². The van der Waals surface area contributed by atoms with Gasteiger partial charge in [-0.1, -0.05) is 13.0 Å². The molecule has 0 aliphatic carbocycles. The van der Waals surface area contributed by atoms with Crippen LogP contribution in [-0.4, -0.2) is 94.3 Å². The van der Waals surface area contributed by atoms with Crippen molar-refractivity contribution in [2.75, 3.05) is 52.3 Å². The number of aliphatic hydroxyl groups is 1. The molecule has 0 unspecified atom stereocenters. The molecule has 0 fully saturated rings. The molecule has 1 aromatic heterocycles. The van der Waals surface area contributed by atoms with Gasteiger partial charge in [-0.25, -0.2) is 8.42 Å². The molecule has 0 radical (unpaired) electrons. The van der Waals surface area contributed by atoms with Crippen LogP contribution in [0.1, 0.15) is 50.4 Å². The number of carbonyl (C=O) groups is 1. The van der Waals surface area contributed by atoms with Crippen molar-refractivity contribution in [1.29, 1.82) is 0 Å². The lowest BCUT2D eigenvalue weighted by Gasteiger charge is -2.35. The molecule has 2 aromatic rings. The van der Waals surface area contributed by atoms with Crippen molar-refractivity contribution in [2.45, 2.75) is 62.5 Å². The highest BCUT2D eigenvalue weighted by Gasteiger charge is 2.32. The van der Waals surface area contributed by atoms with Gasteiger partial charge in [0.2, 0.25) is 0 Å². The van der Waals surface area contributed by atoms with Gasteiger partial charge in [-0.05, 0) is 62.8 Å². The first kappa shape index (κ1) is 31.3. The van der Waals surface area contributed by atoms with Crippen LogP contribution >= 0.6 is 11.3 Å². The molecular weight excluding hydrogens is 538 g/mol. The number of hydrogen-bond donors (Lipinski definition) is 1. The third-order valence-corrected chi connectivity index (χ3v) is 10.3. The van der Waals surface area contributed by atoms with Gasteiger partial charge in [-0.15, -0.1) is 11.3 Å². The van der Waals surface area contributed by atoms with Gasteiger partial charge >= 0.3 is 0 Å². The van der Waals surface area contributed by atoms with E-state index in [1.165, 1.54) is 15.6 Å². The lowest BCUT2D eigenvalue weighted by atomic mass is 10.0. The van der Waals surface area contributed by atoms with E-state index in [4.69, 9.17) is 9.47 Å². The molecule has 3 rings (SSSR count). The Kier molecular flexibility index (Phi) is 11.2. The van der Waals surface area contributed by atoms with Crippen LogP contribution in [0.25, 0.3) is 0 Å². The number of carbonyl (C=O) groups excluding carboxylic acids is 1. The molecule has 4 atom stereocenters. The maximum atomic E-state index is 14.0. The number of hydrogen-bond acceptors (Lipinski definition) is 8. The molecule has 1 aliphatic heterocycles. The first-order valence-electron chi connectivity index (χ1n) is 13.5. The number of benzene rings is 1. The van der Waals surface area contributed by atoms with Crippen molar-refractivity contribution in [2.24, 2.45) is 5.92 Å². The number of likely N-dealkylation sites (N-methyl/N-ethyl adjacent to an activating group) is 1. The fraction of sp³-hybridized carbons (Fsp3) is 0.607. The highest BCUT2D eigenvalue weighted by atomic mass is 32.2. The van der Waals surface area contributed by atoms with Gasteiger partial charge in [-0.2, -0.15) is 4.31 Å². The summed E-state index contributed by atoms with van der Waals surface area (Å²) in [7, 11) is 1.74. The molecule has 0 saturated carbocycles. The predicted octanol–water partition coefficient (Wildman–Crippen LogP) is 3.93. The van der Waals surface area contributed by atoms with Crippen molar-refractivity contribution in [3.8, 4) is 5.75 Å². The maximum Gasteiger partial charge on any atom is 0.258 e. The third kappa shape index (κ3) is 7.94. The molecule has 11 heteroatoms. The summed E-state index contributed by atoms with van der Waals surface area (Å²) in [5.41, 5.74) is 1.30. The second kappa shape index (κ2) is 13.9. The Bertz CT molecular complexity index is 1170. The molecule has 1 N–H and O–H groups in total. The molecule has 1 aromatic carbocycles. The molecule has 39 heavy (non-hydrogen) atoms. The zero-order valence-corrected chi connectivity index (χ0v) is 25.5. The number of aliphatic hydroxyl groups excluding tert-OH is 1. The Morgan fingerprint density at radius 1 is 1.18 bits per heavy atom. The summed E-state index contributed by atoms with van der Waals surface area (Å²) in [5.74, 6) is 0.0596. The van der Waals surface area contributed by atoms with Crippen LogP contribution in [0.2, 0.25) is 0 Å². The molecule has 9 nitrogen and oxygen atoms in total. The number of fused-ring (bicyclic) bond motifs is 1. The predicted molar refractivity (Wildman–Crippen MR) is 155 cm³/mol. The topological polar surface area (TPSA) is 99.6 Å². The van der Waals surface area contributed by atoms with Gasteiger partial charge in [0, 0.05) is 52.4 Å². The SMILES string of the molecule is C[C@H](CO)N1C[C@H](C)[C@@H](CN(C)S(=O)(=O)c2cccs2)OCCCC[C@H](C)Oc2ccc(N(C)C)cc2C1=O. The number of ether oxygens (including phenoxy) is 2. The maximum absolute atomic E-state index is 14.0. The fourth-order valence-corrected chi connectivity index (χ4v) is 6.95. The molecule has 0 spiro atoms. The smallest absolute Gasteiger partial charge is 0.258 e. The van der Waals surface area contributed by atoms with Gasteiger partial charge in [0.25, 0.3) is 15.9 Å². The van der Waals surface area contributed by atoms with Crippen molar-refractivity contribution >= 4 is 33.0 Å². The van der Waals surface area contributed by atoms with Crippen molar-refractivity contribution < 1.29 is 27.8 Å². The average molecular weight is 582 g/mol. The first-order chi connectivity index (χ1) is 18.4. The molecular formula is C28H43N3O6S2. The molecule has 0 saturated heterocycles. The Labute approximate surface area is 237 Å². The second-order valence-electron chi connectivity index (χ2n) is 10.6. The minimum atomic E-state index is -3.65. The number of rotatable bonds is 7. The summed E-state index contributed by atoms with van der Waals surface area (Å²) >= 11 is 1.18. The highest BCUT2D eigenvalue weighted by Crippen LogP contribution is 2.29. The normalized spacial score (nSPS) is 22.6. The van der Waals surface area contributed by atoms with Gasteiger partial charge in [0.1, 0.15) is 9.96 Å². The molecule has 0 bridgehead atoms. The van der Waals surface area contributed by atoms with Gasteiger partial charge < -0.3 is 24.4 Å². The van der Waals surface area contributed by atoms with E-state index in [1.54, 1.807) is 36.4 Å². The minimum Gasteiger partial charge on any atom is -0.490 e. The minimum absolute atomic E-state index is 0.106. The quantitative estimate of drug-likeness (QED) is 0.529. The third-order valence-electron chi connectivity index (χ3n) is 7.15. The van der Waals surface area contributed by atoms with Crippen LogP contribution in [0.4, 0.5) is 5.69 Å². The van der Waals surface area contributed by atoms with E-state index in [-0.39, 0.29) is 41.8 Å². The Balaban J connectivity index is 1.96. The van der Waals surface area contributed by atoms with Gasteiger partial charge in [-0.3, -0.25) is 4.79 Å². The van der Waals surface area contributed by atoms with E-state index in [9.17, 15) is 18.3 Å². The van der Waals surface area contributed by atoms with Crippen molar-refractivity contribution in [1.82, 2.24) is 9.21 Å². The van der Waals surface area contributed by atoms with E-state index in [0.29, 0.717) is 17.9 Å². The number of anilines is 1. The van der Waals surface area contributed by atoms with E-state index in [2.05, 4.69) is 0 Å². The summed E-state index contributed by atoms with van der Waals surface area (Å²) in [6.07, 6.45) is 1.91. The lowest BCUT2D eigenvalue weighted by molar-refractivity contribution is -0.00832. The van der Waals surface area contributed by atoms with Crippen LogP contribution in [0.3, 0.4) is 0 Å². The van der Waals surface area contributed by atoms with Crippen LogP contribution in [0.15, 0.2) is 39.9 Å². The number of nitrogens with zero attached hydrogens (tertiary/aromatic N) is 3. The summed E-state index contributed by atoms with van der Waals surface area (Å²) in [4.78, 5) is 17.6. The van der Waals surface area contributed by atoms with Crippen LogP contribution in [0.5, 0.6) is 5.75 Å². The average Bonchev–Trinajstić information content (AvgIpc) is 3.45. The second-order valence-corrected chi connectivity index (χ2v) is 13.8. The summed E-state index contributed by atoms with van der Waals surface area (Å²) in [6.45, 7) is 6.44. The number of thiophene rings is 1. The molecule has 1 aliphatic rings. The lowest BCUT2D eigenvalue weighted by Crippen LogP contribution is -2.48. The fourth-order valence-electron chi connectivity index (χ4n) is 4.57. The van der Waals surface area contributed by atoms with Gasteiger partial charge in [0.15, 0.2) is 0 Å². The largest absolute Gasteiger partial charge is 0.490 e. The Morgan fingerprint density at radius 2 is 1.92 bits per heavy atom. The van der Waals surface area contributed by atoms with Gasteiger partial charge in [0.05, 0.1) is 30.4 Å². The Morgan fingerprint density at radius 3 is 2.56 bits per heavy atom. The highest BCUT2D eigenvalue weighted by molar-refractivity contribution is 7.91. The van der Waals surface area contributed by atoms with Crippen LogP contribution < -0.4 is 9.64 Å². The first-order valence-corrected chi connectivity index (χ1v) is 15.8. The van der Waals surface area contributed by atoms with E-state index in [1.807, 2.05) is 51.0 Å². The van der Waals surface area contributed by atoms with Crippen molar-refractivity contribution in [3.63, 3.8) is 0 Å². The van der Waals surface area contributed by atoms with Crippen molar-refractivity contribution in [3.05, 3.63) is 41.3 Å². The monoisotopic (exact) mass is 581 g/mol. The molecule has 1 amide bonds. The van der Waals surface area contributed by atoms with E-state index >= 15 is 0 Å². The van der Waals surface area contributed by atoms with Crippen LogP contribution in [-0.2, 0) is 14.8 Å². The van der Waals surface area contributed by atoms with E-state index < -0.39 is 22.2 Å². The number of amides is 1. The number of sulfonamides is 1. The Hall–Kier alpha value is -2.18. The zero-order valence-electron chi connectivity index (χ0n) is 23.9. The summed E-state index contributed by atoms with van der Waals surface area (Å²) in [5, 5.41) is 11.8. The van der Waals surface area contributed by atoms with E-state index in [0.717, 1.165) is 24.9 Å². The summed E-state index contributed by atoms with van der Waals surface area (Å²) < 4.78 is 40.4. The zero-order chi connectivity index (χ0) is 28.7. The molecule has 2 heterocycles. The molecule has 218 valence electrons. The summed E-state index contributed by atoms with van der Waals surface area (Å²) in [6, 6.07) is 8.45. The standard InChI is InChI=1S/C28H43N3O6S2/c1-20-17-31(21(2)19-32)28(33)24-16-23(29(4)5)12-13-25(24)37-22(3)10-7-8-14-36-26(20)18-30(6)39(34,35)27-11-9-15-38-27/h9,11-13,15-16,20-22,26,32H,7-8,10,14,17-19H2,1-6H3/t20-,21+,22-,26+/m0/s1.